The lowest BCUT2D eigenvalue weighted by Crippen LogP contribution is -2.41. The molecule has 1 fully saturated rings. The zero-order valence-electron chi connectivity index (χ0n) is 14.2. The molecule has 3 rings (SSSR count). The number of hydrogen-bond donors (Lipinski definition) is 0. The minimum absolute atomic E-state index is 0.0108. The van der Waals surface area contributed by atoms with Gasteiger partial charge in [-0.15, -0.1) is 0 Å². The molecule has 1 aromatic carbocycles. The number of amides is 1. The van der Waals surface area contributed by atoms with Gasteiger partial charge in [0.25, 0.3) is 5.56 Å². The second kappa shape index (κ2) is 7.46. The fourth-order valence-corrected chi connectivity index (χ4v) is 3.17. The van der Waals surface area contributed by atoms with Crippen molar-refractivity contribution in [3.8, 4) is 0 Å². The molecule has 0 saturated carbocycles. The molecule has 0 atom stereocenters. The van der Waals surface area contributed by atoms with Gasteiger partial charge >= 0.3 is 5.97 Å². The van der Waals surface area contributed by atoms with Gasteiger partial charge in [0.1, 0.15) is 0 Å². The van der Waals surface area contributed by atoms with E-state index in [1.54, 1.807) is 23.1 Å². The van der Waals surface area contributed by atoms with Crippen LogP contribution in [0.2, 0.25) is 0 Å². The summed E-state index contributed by atoms with van der Waals surface area (Å²) in [4.78, 5) is 42.3. The van der Waals surface area contributed by atoms with Gasteiger partial charge in [-0.25, -0.2) is 4.98 Å². The lowest BCUT2D eigenvalue weighted by Gasteiger charge is -2.30. The van der Waals surface area contributed by atoms with Gasteiger partial charge in [-0.05, 0) is 25.0 Å². The fraction of sp³-hybridized carbons (Fsp3) is 0.444. The highest BCUT2D eigenvalue weighted by atomic mass is 16.5. The normalized spacial score (nSPS) is 15.3. The maximum absolute atomic E-state index is 12.4. The highest BCUT2D eigenvalue weighted by Crippen LogP contribution is 2.19. The van der Waals surface area contributed by atoms with Crippen molar-refractivity contribution < 1.29 is 14.3 Å². The summed E-state index contributed by atoms with van der Waals surface area (Å²) in [7, 11) is 1.38. The maximum Gasteiger partial charge on any atom is 0.308 e. The third-order valence-corrected chi connectivity index (χ3v) is 4.68. The molecular formula is C18H21N3O4. The zero-order valence-corrected chi connectivity index (χ0v) is 14.2. The lowest BCUT2D eigenvalue weighted by atomic mass is 9.97. The summed E-state index contributed by atoms with van der Waals surface area (Å²) in [5.41, 5.74) is 0.516. The molecule has 1 aliphatic rings. The number of nitrogens with zero attached hydrogens (tertiary/aromatic N) is 3. The Kier molecular flexibility index (Phi) is 5.11. The largest absolute Gasteiger partial charge is 0.469 e. The number of para-hydroxylation sites is 1. The van der Waals surface area contributed by atoms with E-state index in [0.29, 0.717) is 43.4 Å². The first kappa shape index (κ1) is 17.1. The molecule has 2 heterocycles. The van der Waals surface area contributed by atoms with Crippen LogP contribution in [-0.2, 0) is 20.9 Å². The second-order valence-corrected chi connectivity index (χ2v) is 6.19. The van der Waals surface area contributed by atoms with Gasteiger partial charge in [0, 0.05) is 26.1 Å². The van der Waals surface area contributed by atoms with E-state index in [-0.39, 0.29) is 29.8 Å². The van der Waals surface area contributed by atoms with E-state index >= 15 is 0 Å². The van der Waals surface area contributed by atoms with Crippen LogP contribution >= 0.6 is 0 Å². The van der Waals surface area contributed by atoms with E-state index < -0.39 is 0 Å². The summed E-state index contributed by atoms with van der Waals surface area (Å²) in [6.45, 7) is 1.39. The number of carbonyl (C=O) groups excluding carboxylic acids is 2. The molecule has 0 N–H and O–H groups in total. The van der Waals surface area contributed by atoms with Gasteiger partial charge in [-0.3, -0.25) is 19.0 Å². The molecular weight excluding hydrogens is 322 g/mol. The van der Waals surface area contributed by atoms with Crippen molar-refractivity contribution in [2.24, 2.45) is 5.92 Å². The van der Waals surface area contributed by atoms with Crippen molar-refractivity contribution in [3.05, 3.63) is 40.9 Å². The van der Waals surface area contributed by atoms with Crippen LogP contribution in [0, 0.1) is 5.92 Å². The molecule has 1 aromatic heterocycles. The predicted octanol–water partition coefficient (Wildman–Crippen LogP) is 1.20. The van der Waals surface area contributed by atoms with Gasteiger partial charge in [0.15, 0.2) is 0 Å². The molecule has 1 aliphatic heterocycles. The predicted molar refractivity (Wildman–Crippen MR) is 91.9 cm³/mol. The van der Waals surface area contributed by atoms with E-state index in [1.807, 2.05) is 6.07 Å². The Balaban J connectivity index is 1.59. The van der Waals surface area contributed by atoms with Gasteiger partial charge in [-0.2, -0.15) is 0 Å². The summed E-state index contributed by atoms with van der Waals surface area (Å²) in [6, 6.07) is 7.16. The van der Waals surface area contributed by atoms with Crippen LogP contribution in [0.3, 0.4) is 0 Å². The van der Waals surface area contributed by atoms with Crippen LogP contribution in [0.15, 0.2) is 35.4 Å². The summed E-state index contributed by atoms with van der Waals surface area (Å²) in [5.74, 6) is -0.342. The summed E-state index contributed by atoms with van der Waals surface area (Å²) in [5, 5.41) is 0.552. The van der Waals surface area contributed by atoms with Crippen molar-refractivity contribution in [2.45, 2.75) is 25.8 Å². The number of aromatic nitrogens is 2. The molecule has 0 spiro atoms. The maximum atomic E-state index is 12.4. The second-order valence-electron chi connectivity index (χ2n) is 6.19. The number of likely N-dealkylation sites (tertiary alicyclic amines) is 1. The number of methoxy groups -OCH3 is 1. The Morgan fingerprint density at radius 1 is 1.24 bits per heavy atom. The smallest absolute Gasteiger partial charge is 0.308 e. The number of piperidine rings is 1. The number of rotatable bonds is 4. The Bertz CT molecular complexity index is 838. The quantitative estimate of drug-likeness (QED) is 0.779. The third-order valence-electron chi connectivity index (χ3n) is 4.68. The van der Waals surface area contributed by atoms with Crippen LogP contribution in [0.1, 0.15) is 19.3 Å². The number of carbonyl (C=O) groups is 2. The monoisotopic (exact) mass is 343 g/mol. The number of hydrogen-bond acceptors (Lipinski definition) is 5. The van der Waals surface area contributed by atoms with Crippen molar-refractivity contribution in [3.63, 3.8) is 0 Å². The molecule has 0 bridgehead atoms. The van der Waals surface area contributed by atoms with E-state index in [0.717, 1.165) is 0 Å². The molecule has 0 radical (unpaired) electrons. The Labute approximate surface area is 145 Å². The molecule has 25 heavy (non-hydrogen) atoms. The van der Waals surface area contributed by atoms with Gasteiger partial charge in [-0.1, -0.05) is 12.1 Å². The minimum Gasteiger partial charge on any atom is -0.469 e. The van der Waals surface area contributed by atoms with Crippen LogP contribution in [0.5, 0.6) is 0 Å². The highest BCUT2D eigenvalue weighted by Gasteiger charge is 2.27. The molecule has 1 saturated heterocycles. The van der Waals surface area contributed by atoms with Gasteiger partial charge in [0.05, 0.1) is 30.3 Å². The Morgan fingerprint density at radius 3 is 2.68 bits per heavy atom. The van der Waals surface area contributed by atoms with E-state index in [9.17, 15) is 14.4 Å². The molecule has 7 heteroatoms. The van der Waals surface area contributed by atoms with Crippen LogP contribution in [0.4, 0.5) is 0 Å². The first-order valence-electron chi connectivity index (χ1n) is 8.40. The van der Waals surface area contributed by atoms with Crippen molar-refractivity contribution in [1.29, 1.82) is 0 Å². The standard InChI is InChI=1S/C18H21N3O4/c1-25-18(24)13-6-9-20(10-7-13)16(22)8-11-21-12-19-15-5-3-2-4-14(15)17(21)23/h2-5,12-13H,6-11H2,1H3. The number of esters is 1. The molecule has 1 amide bonds. The zero-order chi connectivity index (χ0) is 17.8. The van der Waals surface area contributed by atoms with Crippen molar-refractivity contribution in [2.75, 3.05) is 20.2 Å². The molecule has 7 nitrogen and oxygen atoms in total. The average molecular weight is 343 g/mol. The first-order valence-corrected chi connectivity index (χ1v) is 8.40. The Morgan fingerprint density at radius 2 is 1.96 bits per heavy atom. The fourth-order valence-electron chi connectivity index (χ4n) is 3.17. The average Bonchev–Trinajstić information content (AvgIpc) is 2.67. The molecule has 2 aromatic rings. The summed E-state index contributed by atoms with van der Waals surface area (Å²) in [6.07, 6.45) is 2.97. The van der Waals surface area contributed by atoms with Crippen LogP contribution < -0.4 is 5.56 Å². The topological polar surface area (TPSA) is 81.5 Å². The number of aryl methyl sites for hydroxylation is 1. The number of ether oxygens (including phenoxy) is 1. The Hall–Kier alpha value is -2.70. The summed E-state index contributed by atoms with van der Waals surface area (Å²) >= 11 is 0. The van der Waals surface area contributed by atoms with E-state index in [2.05, 4.69) is 4.98 Å². The van der Waals surface area contributed by atoms with Gasteiger partial charge in [0.2, 0.25) is 5.91 Å². The molecule has 0 aliphatic carbocycles. The minimum atomic E-state index is -0.208. The van der Waals surface area contributed by atoms with Crippen LogP contribution in [0.25, 0.3) is 10.9 Å². The SMILES string of the molecule is COC(=O)C1CCN(C(=O)CCn2cnc3ccccc3c2=O)CC1. The number of benzene rings is 1. The molecule has 132 valence electrons. The first-order chi connectivity index (χ1) is 12.1. The summed E-state index contributed by atoms with van der Waals surface area (Å²) < 4.78 is 6.23. The van der Waals surface area contributed by atoms with Crippen molar-refractivity contribution in [1.82, 2.24) is 14.5 Å². The lowest BCUT2D eigenvalue weighted by molar-refractivity contribution is -0.148. The number of fused-ring (bicyclic) bond motifs is 1. The van der Waals surface area contributed by atoms with E-state index in [1.165, 1.54) is 18.0 Å². The van der Waals surface area contributed by atoms with Crippen LogP contribution in [-0.4, -0.2) is 46.5 Å². The highest BCUT2D eigenvalue weighted by molar-refractivity contribution is 5.78. The molecule has 0 unspecified atom stereocenters. The third kappa shape index (κ3) is 3.70. The van der Waals surface area contributed by atoms with E-state index in [4.69, 9.17) is 4.74 Å². The van der Waals surface area contributed by atoms with Crippen molar-refractivity contribution >= 4 is 22.8 Å². The van der Waals surface area contributed by atoms with Gasteiger partial charge < -0.3 is 9.64 Å².